The lowest BCUT2D eigenvalue weighted by molar-refractivity contribution is -0.917. The van der Waals surface area contributed by atoms with Crippen molar-refractivity contribution in [3.8, 4) is 0 Å². The zero-order valence-corrected chi connectivity index (χ0v) is 17.3. The monoisotopic (exact) mass is 412 g/mol. The molecule has 1 atom stereocenters. The largest absolute Gasteiger partial charge is 0.360 e. The van der Waals surface area contributed by atoms with Gasteiger partial charge in [0, 0.05) is 22.7 Å². The number of rotatable bonds is 6. The van der Waals surface area contributed by atoms with Crippen LogP contribution >= 0.6 is 0 Å². The Bertz CT molecular complexity index is 1100. The number of para-hydroxylation sites is 1. The van der Waals surface area contributed by atoms with Gasteiger partial charge in [0.25, 0.3) is 0 Å². The highest BCUT2D eigenvalue weighted by atomic mass is 32.2. The third-order valence-electron chi connectivity index (χ3n) is 5.81. The highest BCUT2D eigenvalue weighted by Gasteiger charge is 2.34. The second-order valence-electron chi connectivity index (χ2n) is 7.63. The summed E-state index contributed by atoms with van der Waals surface area (Å²) in [6, 6.07) is 16.8. The molecule has 1 aromatic heterocycles. The van der Waals surface area contributed by atoms with E-state index in [9.17, 15) is 13.2 Å². The Morgan fingerprint density at radius 2 is 1.72 bits per heavy atom. The Morgan fingerprint density at radius 3 is 2.45 bits per heavy atom. The van der Waals surface area contributed by atoms with Crippen molar-refractivity contribution < 1.29 is 18.1 Å². The number of carbonyl (C=O) groups is 1. The molecule has 4 rings (SSSR count). The minimum atomic E-state index is -3.35. The number of Topliss-reactive ketones (excluding diaryl/α,β-unsaturated/α-hetero) is 1. The number of H-pyrrole nitrogens is 1. The molecule has 152 valence electrons. The van der Waals surface area contributed by atoms with Gasteiger partial charge in [-0.2, -0.15) is 4.31 Å². The number of piperazine rings is 1. The van der Waals surface area contributed by atoms with Crippen molar-refractivity contribution in [1.82, 2.24) is 9.29 Å². The van der Waals surface area contributed by atoms with Crippen molar-refractivity contribution in [2.45, 2.75) is 18.7 Å². The van der Waals surface area contributed by atoms with Crippen molar-refractivity contribution in [2.24, 2.45) is 0 Å². The van der Waals surface area contributed by atoms with Crippen molar-refractivity contribution in [1.29, 1.82) is 0 Å². The molecular formula is C22H26N3O3S+. The lowest BCUT2D eigenvalue weighted by Crippen LogP contribution is -3.18. The predicted molar refractivity (Wildman–Crippen MR) is 113 cm³/mol. The van der Waals surface area contributed by atoms with Gasteiger partial charge in [0.05, 0.1) is 31.9 Å². The number of hydrogen-bond acceptors (Lipinski definition) is 3. The fraction of sp³-hybridized carbons (Fsp3) is 0.318. The average molecular weight is 413 g/mol. The summed E-state index contributed by atoms with van der Waals surface area (Å²) in [5, 5.41) is 0.938. The van der Waals surface area contributed by atoms with Crippen LogP contribution in [-0.2, 0) is 15.8 Å². The van der Waals surface area contributed by atoms with Crippen molar-refractivity contribution in [3.63, 3.8) is 0 Å². The van der Waals surface area contributed by atoms with Gasteiger partial charge in [-0.1, -0.05) is 48.5 Å². The van der Waals surface area contributed by atoms with E-state index in [1.807, 2.05) is 61.5 Å². The molecule has 0 bridgehead atoms. The minimum Gasteiger partial charge on any atom is -0.360 e. The number of hydrogen-bond donors (Lipinski definition) is 2. The van der Waals surface area contributed by atoms with E-state index < -0.39 is 10.0 Å². The van der Waals surface area contributed by atoms with Crippen LogP contribution in [0.25, 0.3) is 10.9 Å². The van der Waals surface area contributed by atoms with Crippen molar-refractivity contribution in [3.05, 3.63) is 71.9 Å². The number of carbonyl (C=O) groups excluding carboxylic acids is 1. The Morgan fingerprint density at radius 1 is 1.07 bits per heavy atom. The van der Waals surface area contributed by atoms with Crippen LogP contribution < -0.4 is 4.90 Å². The van der Waals surface area contributed by atoms with Gasteiger partial charge in [-0.3, -0.25) is 4.79 Å². The molecule has 1 saturated heterocycles. The Hall–Kier alpha value is -2.48. The molecule has 0 saturated carbocycles. The molecule has 0 unspecified atom stereocenters. The molecule has 6 nitrogen and oxygen atoms in total. The highest BCUT2D eigenvalue weighted by Crippen LogP contribution is 2.19. The van der Waals surface area contributed by atoms with Crippen LogP contribution in [0.5, 0.6) is 0 Å². The molecule has 2 heterocycles. The van der Waals surface area contributed by atoms with Gasteiger partial charge >= 0.3 is 0 Å². The Kier molecular flexibility index (Phi) is 5.54. The molecule has 2 aromatic carbocycles. The number of ketones is 1. The molecule has 0 aliphatic carbocycles. The summed E-state index contributed by atoms with van der Waals surface area (Å²) in [6.07, 6.45) is 1.78. The topological polar surface area (TPSA) is 74.7 Å². The van der Waals surface area contributed by atoms with Crippen LogP contribution in [0.3, 0.4) is 0 Å². The number of quaternary nitrogens is 1. The molecule has 1 aliphatic rings. The number of aromatic amines is 1. The maximum atomic E-state index is 13.1. The maximum Gasteiger partial charge on any atom is 0.221 e. The molecule has 1 fully saturated rings. The quantitative estimate of drug-likeness (QED) is 0.602. The smallest absolute Gasteiger partial charge is 0.221 e. The van der Waals surface area contributed by atoms with E-state index in [1.165, 1.54) is 0 Å². The summed E-state index contributed by atoms with van der Waals surface area (Å²) < 4.78 is 27.1. The summed E-state index contributed by atoms with van der Waals surface area (Å²) in [6.45, 7) is 4.08. The molecule has 2 N–H and O–H groups in total. The number of fused-ring (bicyclic) bond motifs is 1. The first kappa shape index (κ1) is 19.8. The number of nitrogens with one attached hydrogen (secondary N) is 2. The molecule has 7 heteroatoms. The SMILES string of the molecule is C[C@H](C(=O)c1c[nH]c2ccccc12)[NH+]1CCN(S(=O)(=O)Cc2ccccc2)CC1. The average Bonchev–Trinajstić information content (AvgIpc) is 3.17. The van der Waals surface area contributed by atoms with E-state index in [2.05, 4.69) is 4.98 Å². The van der Waals surface area contributed by atoms with E-state index in [1.54, 1.807) is 10.5 Å². The summed E-state index contributed by atoms with van der Waals surface area (Å²) in [5.41, 5.74) is 2.46. The number of benzene rings is 2. The standard InChI is InChI=1S/C22H25N3O3S/c1-17(22(26)20-15-23-21-10-6-5-9-19(20)21)24-11-13-25(14-12-24)29(27,28)16-18-7-3-2-4-8-18/h2-10,15,17,23H,11-14,16H2,1H3/p+1/t17-/m1/s1. The predicted octanol–water partition coefficient (Wildman–Crippen LogP) is 1.47. The van der Waals surface area contributed by atoms with Gasteiger partial charge in [-0.25, -0.2) is 8.42 Å². The van der Waals surface area contributed by atoms with Crippen LogP contribution in [0.1, 0.15) is 22.8 Å². The fourth-order valence-electron chi connectivity index (χ4n) is 4.05. The second-order valence-corrected chi connectivity index (χ2v) is 9.60. The lowest BCUT2D eigenvalue weighted by Gasteiger charge is -2.34. The Labute approximate surface area is 171 Å². The molecule has 1 aliphatic heterocycles. The van der Waals surface area contributed by atoms with Gasteiger partial charge < -0.3 is 9.88 Å². The van der Waals surface area contributed by atoms with E-state index in [-0.39, 0.29) is 17.6 Å². The summed E-state index contributed by atoms with van der Waals surface area (Å²) in [5.74, 6) is 0.116. The number of aromatic nitrogens is 1. The first-order chi connectivity index (χ1) is 14.0. The van der Waals surface area contributed by atoms with E-state index >= 15 is 0 Å². The van der Waals surface area contributed by atoms with Gasteiger partial charge in [0.15, 0.2) is 0 Å². The molecule has 0 spiro atoms. The van der Waals surface area contributed by atoms with Crippen molar-refractivity contribution >= 4 is 26.7 Å². The first-order valence-electron chi connectivity index (χ1n) is 9.92. The summed E-state index contributed by atoms with van der Waals surface area (Å²) in [7, 11) is -3.35. The first-order valence-corrected chi connectivity index (χ1v) is 11.5. The van der Waals surface area contributed by atoms with Crippen LogP contribution in [0, 0.1) is 0 Å². The van der Waals surface area contributed by atoms with Crippen LogP contribution in [0.15, 0.2) is 60.8 Å². The zero-order chi connectivity index (χ0) is 20.4. The number of sulfonamides is 1. The zero-order valence-electron chi connectivity index (χ0n) is 16.5. The normalized spacial score (nSPS) is 17.4. The Balaban J connectivity index is 1.40. The van der Waals surface area contributed by atoms with E-state index in [0.29, 0.717) is 31.7 Å². The minimum absolute atomic E-state index is 0.0208. The highest BCUT2D eigenvalue weighted by molar-refractivity contribution is 7.88. The van der Waals surface area contributed by atoms with Gasteiger partial charge in [0.2, 0.25) is 15.8 Å². The van der Waals surface area contributed by atoms with E-state index in [4.69, 9.17) is 0 Å². The van der Waals surface area contributed by atoms with E-state index in [0.717, 1.165) is 21.4 Å². The summed E-state index contributed by atoms with van der Waals surface area (Å²) >= 11 is 0. The number of nitrogens with zero attached hydrogens (tertiary/aromatic N) is 1. The third kappa shape index (κ3) is 4.12. The molecule has 29 heavy (non-hydrogen) atoms. The lowest BCUT2D eigenvalue weighted by atomic mass is 10.0. The summed E-state index contributed by atoms with van der Waals surface area (Å²) in [4.78, 5) is 17.4. The van der Waals surface area contributed by atoms with Crippen LogP contribution in [0.4, 0.5) is 0 Å². The van der Waals surface area contributed by atoms with Crippen LogP contribution in [0.2, 0.25) is 0 Å². The molecule has 0 amide bonds. The van der Waals surface area contributed by atoms with Gasteiger partial charge in [0.1, 0.15) is 6.04 Å². The fourth-order valence-corrected chi connectivity index (χ4v) is 5.59. The molecular weight excluding hydrogens is 386 g/mol. The maximum absolute atomic E-state index is 13.1. The third-order valence-corrected chi connectivity index (χ3v) is 7.66. The van der Waals surface area contributed by atoms with Crippen molar-refractivity contribution in [2.75, 3.05) is 26.2 Å². The molecule has 0 radical (unpaired) electrons. The second kappa shape index (κ2) is 8.10. The van der Waals surface area contributed by atoms with Gasteiger partial charge in [-0.05, 0) is 18.6 Å². The van der Waals surface area contributed by atoms with Crippen LogP contribution in [-0.4, -0.2) is 55.7 Å². The van der Waals surface area contributed by atoms with Gasteiger partial charge in [-0.15, -0.1) is 0 Å². The molecule has 3 aromatic rings.